The SMILES string of the molecule is O=Cc1ccc2sc(Cl)nc2c1. The van der Waals surface area contributed by atoms with Crippen LogP contribution in [-0.2, 0) is 0 Å². The number of aromatic nitrogens is 1. The molecule has 0 saturated heterocycles. The fourth-order valence-corrected chi connectivity index (χ4v) is 2.00. The van der Waals surface area contributed by atoms with Gasteiger partial charge in [0, 0.05) is 5.56 Å². The standard InChI is InChI=1S/C8H4ClNOS/c9-8-10-6-3-5(4-11)1-2-7(6)12-8/h1-4H. The Labute approximate surface area is 77.8 Å². The lowest BCUT2D eigenvalue weighted by atomic mass is 10.2. The van der Waals surface area contributed by atoms with Crippen LogP contribution in [0.4, 0.5) is 0 Å². The molecular formula is C8H4ClNOS. The van der Waals surface area contributed by atoms with Gasteiger partial charge >= 0.3 is 0 Å². The van der Waals surface area contributed by atoms with E-state index in [2.05, 4.69) is 4.98 Å². The maximum atomic E-state index is 10.4. The van der Waals surface area contributed by atoms with Gasteiger partial charge in [-0.1, -0.05) is 17.7 Å². The summed E-state index contributed by atoms with van der Waals surface area (Å²) in [6.07, 6.45) is 0.798. The van der Waals surface area contributed by atoms with Crippen LogP contribution in [0.5, 0.6) is 0 Å². The topological polar surface area (TPSA) is 30.0 Å². The van der Waals surface area contributed by atoms with Gasteiger partial charge in [-0.25, -0.2) is 4.98 Å². The van der Waals surface area contributed by atoms with Crippen molar-refractivity contribution in [1.82, 2.24) is 4.98 Å². The average Bonchev–Trinajstić information content (AvgIpc) is 2.43. The second kappa shape index (κ2) is 2.84. The minimum absolute atomic E-state index is 0.507. The van der Waals surface area contributed by atoms with Gasteiger partial charge in [-0.15, -0.1) is 11.3 Å². The van der Waals surface area contributed by atoms with Crippen LogP contribution in [0.2, 0.25) is 4.47 Å². The zero-order chi connectivity index (χ0) is 8.55. The van der Waals surface area contributed by atoms with E-state index in [-0.39, 0.29) is 0 Å². The average molecular weight is 198 g/mol. The van der Waals surface area contributed by atoms with Gasteiger partial charge in [-0.05, 0) is 12.1 Å². The highest BCUT2D eigenvalue weighted by Crippen LogP contribution is 2.25. The summed E-state index contributed by atoms with van der Waals surface area (Å²) in [7, 11) is 0. The molecule has 2 nitrogen and oxygen atoms in total. The number of nitrogens with zero attached hydrogens (tertiary/aromatic N) is 1. The summed E-state index contributed by atoms with van der Waals surface area (Å²) in [5.41, 5.74) is 1.42. The first-order valence-corrected chi connectivity index (χ1v) is 4.50. The molecule has 0 fully saturated rings. The minimum Gasteiger partial charge on any atom is -0.298 e. The summed E-state index contributed by atoms with van der Waals surface area (Å²) in [5, 5.41) is 0. The molecule has 0 aliphatic heterocycles. The Kier molecular flexibility index (Phi) is 1.83. The minimum atomic E-state index is 0.507. The fraction of sp³-hybridized carbons (Fsp3) is 0. The lowest BCUT2D eigenvalue weighted by Crippen LogP contribution is -1.77. The van der Waals surface area contributed by atoms with E-state index in [9.17, 15) is 4.79 Å². The zero-order valence-corrected chi connectivity index (χ0v) is 7.52. The van der Waals surface area contributed by atoms with Gasteiger partial charge in [0.05, 0.1) is 10.2 Å². The van der Waals surface area contributed by atoms with Crippen LogP contribution in [-0.4, -0.2) is 11.3 Å². The van der Waals surface area contributed by atoms with Gasteiger partial charge < -0.3 is 0 Å². The molecule has 0 unspecified atom stereocenters. The number of thiazole rings is 1. The summed E-state index contributed by atoms with van der Waals surface area (Å²) >= 11 is 7.11. The third kappa shape index (κ3) is 1.21. The highest BCUT2D eigenvalue weighted by atomic mass is 35.5. The Morgan fingerprint density at radius 1 is 1.50 bits per heavy atom. The van der Waals surface area contributed by atoms with E-state index >= 15 is 0 Å². The highest BCUT2D eigenvalue weighted by molar-refractivity contribution is 7.22. The molecule has 1 heterocycles. The first kappa shape index (κ1) is 7.71. The van der Waals surface area contributed by atoms with Crippen molar-refractivity contribution < 1.29 is 4.79 Å². The molecule has 0 aliphatic carbocycles. The molecule has 0 bridgehead atoms. The Bertz CT molecular complexity index is 438. The number of carbonyl (C=O) groups is 1. The molecule has 0 atom stereocenters. The summed E-state index contributed by atoms with van der Waals surface area (Å²) in [4.78, 5) is 14.4. The first-order chi connectivity index (χ1) is 5.79. The molecule has 1 aromatic carbocycles. The van der Waals surface area contributed by atoms with E-state index in [1.165, 1.54) is 11.3 Å². The van der Waals surface area contributed by atoms with E-state index in [4.69, 9.17) is 11.6 Å². The van der Waals surface area contributed by atoms with Crippen LogP contribution in [0.1, 0.15) is 10.4 Å². The molecule has 2 rings (SSSR count). The van der Waals surface area contributed by atoms with E-state index in [1.807, 2.05) is 6.07 Å². The molecule has 0 aliphatic rings. The number of rotatable bonds is 1. The molecule has 60 valence electrons. The van der Waals surface area contributed by atoms with Crippen LogP contribution in [0.25, 0.3) is 10.2 Å². The van der Waals surface area contributed by atoms with Crippen LogP contribution in [0, 0.1) is 0 Å². The number of carbonyl (C=O) groups excluding carboxylic acids is 1. The van der Waals surface area contributed by atoms with Crippen molar-refractivity contribution in [3.8, 4) is 0 Å². The van der Waals surface area contributed by atoms with Crippen molar-refractivity contribution >= 4 is 39.4 Å². The first-order valence-electron chi connectivity index (χ1n) is 3.31. The number of benzene rings is 1. The molecule has 1 aromatic heterocycles. The van der Waals surface area contributed by atoms with Crippen molar-refractivity contribution in [2.24, 2.45) is 0 Å². The largest absolute Gasteiger partial charge is 0.298 e. The van der Waals surface area contributed by atoms with Gasteiger partial charge in [0.2, 0.25) is 0 Å². The third-order valence-electron chi connectivity index (χ3n) is 1.52. The molecule has 4 heteroatoms. The molecule has 12 heavy (non-hydrogen) atoms. The number of halogens is 1. The van der Waals surface area contributed by atoms with Crippen LogP contribution in [0.3, 0.4) is 0 Å². The third-order valence-corrected chi connectivity index (χ3v) is 2.66. The van der Waals surface area contributed by atoms with Gasteiger partial charge in [-0.3, -0.25) is 4.79 Å². The van der Waals surface area contributed by atoms with Crippen LogP contribution in [0.15, 0.2) is 18.2 Å². The normalized spacial score (nSPS) is 10.4. The molecule has 0 N–H and O–H groups in total. The van der Waals surface area contributed by atoms with Crippen molar-refractivity contribution in [3.05, 3.63) is 28.2 Å². The van der Waals surface area contributed by atoms with Crippen molar-refractivity contribution in [3.63, 3.8) is 0 Å². The predicted octanol–water partition coefficient (Wildman–Crippen LogP) is 2.76. The summed E-state index contributed by atoms with van der Waals surface area (Å²) in [5.74, 6) is 0. The summed E-state index contributed by atoms with van der Waals surface area (Å²) in [6.45, 7) is 0. The quantitative estimate of drug-likeness (QED) is 0.658. The number of aldehydes is 1. The smallest absolute Gasteiger partial charge is 0.184 e. The van der Waals surface area contributed by atoms with Gasteiger partial charge in [0.15, 0.2) is 4.47 Å². The van der Waals surface area contributed by atoms with Crippen molar-refractivity contribution in [1.29, 1.82) is 0 Å². The number of fused-ring (bicyclic) bond motifs is 1. The maximum absolute atomic E-state index is 10.4. The Balaban J connectivity index is 2.74. The predicted molar refractivity (Wildman–Crippen MR) is 50.0 cm³/mol. The van der Waals surface area contributed by atoms with E-state index < -0.39 is 0 Å². The van der Waals surface area contributed by atoms with Crippen LogP contribution >= 0.6 is 22.9 Å². The van der Waals surface area contributed by atoms with Crippen molar-refractivity contribution in [2.45, 2.75) is 0 Å². The maximum Gasteiger partial charge on any atom is 0.184 e. The lowest BCUT2D eigenvalue weighted by Gasteiger charge is -1.87. The fourth-order valence-electron chi connectivity index (χ4n) is 0.990. The lowest BCUT2D eigenvalue weighted by molar-refractivity contribution is 0.112. The van der Waals surface area contributed by atoms with E-state index in [1.54, 1.807) is 12.1 Å². The van der Waals surface area contributed by atoms with Gasteiger partial charge in [-0.2, -0.15) is 0 Å². The van der Waals surface area contributed by atoms with Gasteiger partial charge in [0.1, 0.15) is 6.29 Å². The summed E-state index contributed by atoms with van der Waals surface area (Å²) in [6, 6.07) is 5.33. The van der Waals surface area contributed by atoms with E-state index in [0.717, 1.165) is 16.5 Å². The monoisotopic (exact) mass is 197 g/mol. The van der Waals surface area contributed by atoms with Gasteiger partial charge in [0.25, 0.3) is 0 Å². The van der Waals surface area contributed by atoms with E-state index in [0.29, 0.717) is 10.0 Å². The Morgan fingerprint density at radius 2 is 2.33 bits per heavy atom. The Morgan fingerprint density at radius 3 is 3.08 bits per heavy atom. The second-order valence-corrected chi connectivity index (χ2v) is 3.92. The zero-order valence-electron chi connectivity index (χ0n) is 5.95. The Hall–Kier alpha value is -0.930. The number of hydrogen-bond donors (Lipinski definition) is 0. The molecular weight excluding hydrogens is 194 g/mol. The van der Waals surface area contributed by atoms with Crippen LogP contribution < -0.4 is 0 Å². The van der Waals surface area contributed by atoms with Crippen molar-refractivity contribution in [2.75, 3.05) is 0 Å². The summed E-state index contributed by atoms with van der Waals surface area (Å²) < 4.78 is 1.51. The highest BCUT2D eigenvalue weighted by Gasteiger charge is 2.01. The second-order valence-electron chi connectivity index (χ2n) is 2.31. The molecule has 2 aromatic rings. The molecule has 0 spiro atoms. The molecule has 0 radical (unpaired) electrons. The number of hydrogen-bond acceptors (Lipinski definition) is 3. The molecule has 0 saturated carbocycles. The molecule has 0 amide bonds.